The van der Waals surface area contributed by atoms with Gasteiger partial charge in [0.25, 0.3) is 5.91 Å². The van der Waals surface area contributed by atoms with Crippen molar-refractivity contribution < 1.29 is 4.79 Å². The predicted molar refractivity (Wildman–Crippen MR) is 63.6 cm³/mol. The van der Waals surface area contributed by atoms with Crippen molar-refractivity contribution in [2.75, 3.05) is 19.6 Å². The monoisotopic (exact) mass is 234 g/mol. The summed E-state index contributed by atoms with van der Waals surface area (Å²) in [5.41, 5.74) is 0.701. The Kier molecular flexibility index (Phi) is 2.43. The Hall–Kier alpha value is -1.36. The smallest absolute Gasteiger partial charge is 0.257 e. The zero-order valence-electron chi connectivity index (χ0n) is 10.3. The van der Waals surface area contributed by atoms with Crippen LogP contribution in [0.3, 0.4) is 0 Å². The molecule has 0 bridgehead atoms. The van der Waals surface area contributed by atoms with Crippen LogP contribution < -0.4 is 5.32 Å². The van der Waals surface area contributed by atoms with E-state index in [4.69, 9.17) is 0 Å². The second kappa shape index (κ2) is 3.84. The molecule has 0 aliphatic carbocycles. The molecule has 0 aromatic carbocycles. The van der Waals surface area contributed by atoms with Crippen LogP contribution in [0, 0.1) is 11.8 Å². The van der Waals surface area contributed by atoms with Crippen molar-refractivity contribution in [3.63, 3.8) is 0 Å². The molecule has 2 saturated heterocycles. The van der Waals surface area contributed by atoms with Gasteiger partial charge in [0.15, 0.2) is 0 Å². The number of hydrogen-bond donors (Lipinski definition) is 1. The van der Waals surface area contributed by atoms with E-state index in [1.165, 1.54) is 0 Å². The standard InChI is InChI=1S/C12H18N4O/c1-8-11-5-13-3-9(11)7-16(8)12(17)10-4-14-15(2)6-10/h4,6,8-9,11,13H,3,5,7H2,1-2H3. The van der Waals surface area contributed by atoms with E-state index in [-0.39, 0.29) is 5.91 Å². The Morgan fingerprint density at radius 2 is 2.35 bits per heavy atom. The van der Waals surface area contributed by atoms with Crippen LogP contribution in [-0.2, 0) is 7.05 Å². The van der Waals surface area contributed by atoms with Crippen molar-refractivity contribution in [1.29, 1.82) is 0 Å². The van der Waals surface area contributed by atoms with Gasteiger partial charge in [-0.2, -0.15) is 5.10 Å². The van der Waals surface area contributed by atoms with Gasteiger partial charge in [0.05, 0.1) is 11.8 Å². The zero-order valence-corrected chi connectivity index (χ0v) is 10.3. The molecular formula is C12H18N4O. The Morgan fingerprint density at radius 3 is 3.00 bits per heavy atom. The first kappa shape index (κ1) is 10.8. The van der Waals surface area contributed by atoms with Gasteiger partial charge in [-0.05, 0) is 18.8 Å². The lowest BCUT2D eigenvalue weighted by molar-refractivity contribution is 0.0728. The molecule has 3 heterocycles. The predicted octanol–water partition coefficient (Wildman–Crippen LogP) is 0.1000. The normalized spacial score (nSPS) is 31.9. The number of carbonyl (C=O) groups excluding carboxylic acids is 1. The molecule has 5 nitrogen and oxygen atoms in total. The van der Waals surface area contributed by atoms with E-state index in [2.05, 4.69) is 17.3 Å². The largest absolute Gasteiger partial charge is 0.335 e. The van der Waals surface area contributed by atoms with Gasteiger partial charge in [-0.15, -0.1) is 0 Å². The lowest BCUT2D eigenvalue weighted by Crippen LogP contribution is -2.37. The molecule has 2 aliphatic heterocycles. The van der Waals surface area contributed by atoms with Crippen molar-refractivity contribution in [3.8, 4) is 0 Å². The molecule has 0 saturated carbocycles. The molecular weight excluding hydrogens is 216 g/mol. The summed E-state index contributed by atoms with van der Waals surface area (Å²) >= 11 is 0. The molecule has 2 aliphatic rings. The van der Waals surface area contributed by atoms with Gasteiger partial charge in [0.2, 0.25) is 0 Å². The minimum absolute atomic E-state index is 0.125. The topological polar surface area (TPSA) is 50.2 Å². The van der Waals surface area contributed by atoms with Gasteiger partial charge >= 0.3 is 0 Å². The molecule has 0 spiro atoms. The van der Waals surface area contributed by atoms with Gasteiger partial charge in [-0.3, -0.25) is 9.48 Å². The van der Waals surface area contributed by atoms with Crippen LogP contribution in [0.2, 0.25) is 0 Å². The summed E-state index contributed by atoms with van der Waals surface area (Å²) in [5.74, 6) is 1.38. The number of aromatic nitrogens is 2. The minimum Gasteiger partial charge on any atom is -0.335 e. The maximum Gasteiger partial charge on any atom is 0.257 e. The molecule has 17 heavy (non-hydrogen) atoms. The van der Waals surface area contributed by atoms with Gasteiger partial charge in [-0.1, -0.05) is 0 Å². The van der Waals surface area contributed by atoms with Crippen LogP contribution in [0.1, 0.15) is 17.3 Å². The Morgan fingerprint density at radius 1 is 1.53 bits per heavy atom. The van der Waals surface area contributed by atoms with Gasteiger partial charge < -0.3 is 10.2 Å². The van der Waals surface area contributed by atoms with Crippen molar-refractivity contribution >= 4 is 5.91 Å². The first-order chi connectivity index (χ1) is 8.16. The number of aryl methyl sites for hydroxylation is 1. The zero-order chi connectivity index (χ0) is 12.0. The van der Waals surface area contributed by atoms with Crippen molar-refractivity contribution in [2.45, 2.75) is 13.0 Å². The van der Waals surface area contributed by atoms with E-state index < -0.39 is 0 Å². The van der Waals surface area contributed by atoms with Crippen molar-refractivity contribution in [3.05, 3.63) is 18.0 Å². The van der Waals surface area contributed by atoms with E-state index in [1.54, 1.807) is 17.1 Å². The average molecular weight is 234 g/mol. The van der Waals surface area contributed by atoms with E-state index in [0.717, 1.165) is 19.6 Å². The molecule has 3 unspecified atom stereocenters. The lowest BCUT2D eigenvalue weighted by Gasteiger charge is -2.23. The fourth-order valence-corrected chi connectivity index (χ4v) is 3.13. The SMILES string of the molecule is CC1C2CNCC2CN1C(=O)c1cnn(C)c1. The third-order valence-corrected chi connectivity index (χ3v) is 4.15. The Labute approximate surface area is 101 Å². The molecule has 5 heteroatoms. The number of nitrogens with zero attached hydrogens (tertiary/aromatic N) is 3. The fraction of sp³-hybridized carbons (Fsp3) is 0.667. The van der Waals surface area contributed by atoms with E-state index in [0.29, 0.717) is 23.4 Å². The molecule has 1 aromatic rings. The summed E-state index contributed by atoms with van der Waals surface area (Å²) in [6, 6.07) is 0.336. The third kappa shape index (κ3) is 1.65. The molecule has 2 fully saturated rings. The van der Waals surface area contributed by atoms with E-state index in [1.807, 2.05) is 11.9 Å². The average Bonchev–Trinajstić information content (AvgIpc) is 2.96. The number of rotatable bonds is 1. The minimum atomic E-state index is 0.125. The number of likely N-dealkylation sites (tertiary alicyclic amines) is 1. The highest BCUT2D eigenvalue weighted by Crippen LogP contribution is 2.33. The van der Waals surface area contributed by atoms with Crippen LogP contribution in [-0.4, -0.2) is 46.3 Å². The summed E-state index contributed by atoms with van der Waals surface area (Å²) in [5, 5.41) is 7.47. The van der Waals surface area contributed by atoms with Gasteiger partial charge in [0.1, 0.15) is 0 Å². The third-order valence-electron chi connectivity index (χ3n) is 4.15. The molecule has 1 N–H and O–H groups in total. The van der Waals surface area contributed by atoms with Crippen LogP contribution in [0.15, 0.2) is 12.4 Å². The number of fused-ring (bicyclic) bond motifs is 1. The van der Waals surface area contributed by atoms with Gasteiger partial charge in [0, 0.05) is 38.9 Å². The number of carbonyl (C=O) groups is 1. The maximum atomic E-state index is 12.4. The van der Waals surface area contributed by atoms with E-state index in [9.17, 15) is 4.79 Å². The summed E-state index contributed by atoms with van der Waals surface area (Å²) in [7, 11) is 1.84. The fourth-order valence-electron chi connectivity index (χ4n) is 3.13. The molecule has 1 amide bonds. The summed E-state index contributed by atoms with van der Waals surface area (Å²) in [4.78, 5) is 14.4. The number of hydrogen-bond acceptors (Lipinski definition) is 3. The Bertz CT molecular complexity index is 441. The first-order valence-electron chi connectivity index (χ1n) is 6.17. The summed E-state index contributed by atoms with van der Waals surface area (Å²) < 4.78 is 1.68. The maximum absolute atomic E-state index is 12.4. The van der Waals surface area contributed by atoms with Gasteiger partial charge in [-0.25, -0.2) is 0 Å². The second-order valence-electron chi connectivity index (χ2n) is 5.18. The Balaban J connectivity index is 1.79. The van der Waals surface area contributed by atoms with Crippen LogP contribution in [0.5, 0.6) is 0 Å². The number of amides is 1. The molecule has 1 aromatic heterocycles. The summed E-state index contributed by atoms with van der Waals surface area (Å²) in [6.45, 7) is 5.13. The number of nitrogens with one attached hydrogen (secondary N) is 1. The molecule has 3 rings (SSSR count). The molecule has 92 valence electrons. The van der Waals surface area contributed by atoms with Crippen molar-refractivity contribution in [1.82, 2.24) is 20.0 Å². The summed E-state index contributed by atoms with van der Waals surface area (Å²) in [6.07, 6.45) is 3.45. The highest BCUT2D eigenvalue weighted by atomic mass is 16.2. The van der Waals surface area contributed by atoms with Crippen LogP contribution >= 0.6 is 0 Å². The molecule has 3 atom stereocenters. The van der Waals surface area contributed by atoms with Crippen LogP contribution in [0.4, 0.5) is 0 Å². The first-order valence-corrected chi connectivity index (χ1v) is 6.17. The highest BCUT2D eigenvalue weighted by Gasteiger charge is 2.43. The second-order valence-corrected chi connectivity index (χ2v) is 5.18. The highest BCUT2D eigenvalue weighted by molar-refractivity contribution is 5.94. The van der Waals surface area contributed by atoms with E-state index >= 15 is 0 Å². The quantitative estimate of drug-likeness (QED) is 0.750. The van der Waals surface area contributed by atoms with Crippen molar-refractivity contribution in [2.24, 2.45) is 18.9 Å². The van der Waals surface area contributed by atoms with Crippen LogP contribution in [0.25, 0.3) is 0 Å². The molecule has 0 radical (unpaired) electrons. The lowest BCUT2D eigenvalue weighted by atomic mass is 9.95.